The smallest absolute Gasteiger partial charge is 0.330 e. The fourth-order valence-electron chi connectivity index (χ4n) is 2.53. The molecule has 0 aromatic rings. The second kappa shape index (κ2) is 11.2. The molecule has 0 aliphatic rings. The van der Waals surface area contributed by atoms with E-state index in [0.717, 1.165) is 38.1 Å². The van der Waals surface area contributed by atoms with Gasteiger partial charge in [0, 0.05) is 26.5 Å². The molecular formula is C15H37O5PSi2. The number of hydrogen-bond donors (Lipinski definition) is 0. The van der Waals surface area contributed by atoms with Crippen LogP contribution in [0.5, 0.6) is 0 Å². The normalized spacial score (nSPS) is 15.6. The minimum atomic E-state index is -2.96. The molecule has 140 valence electrons. The van der Waals surface area contributed by atoms with Gasteiger partial charge in [0.1, 0.15) is 0 Å². The number of rotatable bonds is 14. The van der Waals surface area contributed by atoms with Crippen LogP contribution in [0.1, 0.15) is 26.7 Å². The van der Waals surface area contributed by atoms with Gasteiger partial charge in [-0.2, -0.15) is 0 Å². The fraction of sp³-hybridized carbons (Fsp3) is 1.00. The largest absolute Gasteiger partial charge is 0.418 e. The van der Waals surface area contributed by atoms with Crippen molar-refractivity contribution in [2.24, 2.45) is 0 Å². The average molecular weight is 385 g/mol. The Labute approximate surface area is 145 Å². The Bertz CT molecular complexity index is 364. The van der Waals surface area contributed by atoms with Crippen molar-refractivity contribution in [3.05, 3.63) is 0 Å². The van der Waals surface area contributed by atoms with E-state index in [2.05, 4.69) is 26.2 Å². The van der Waals surface area contributed by atoms with Gasteiger partial charge in [0.05, 0.1) is 6.61 Å². The zero-order valence-corrected chi connectivity index (χ0v) is 19.0. The van der Waals surface area contributed by atoms with E-state index in [1.165, 1.54) is 7.11 Å². The van der Waals surface area contributed by atoms with Crippen molar-refractivity contribution >= 4 is 24.2 Å². The molecule has 0 aromatic heterocycles. The van der Waals surface area contributed by atoms with E-state index < -0.39 is 24.2 Å². The lowest BCUT2D eigenvalue weighted by molar-refractivity contribution is 0.231. The van der Waals surface area contributed by atoms with Crippen molar-refractivity contribution in [2.75, 3.05) is 33.1 Å². The maximum absolute atomic E-state index is 12.6. The summed E-state index contributed by atoms with van der Waals surface area (Å²) in [6.07, 6.45) is 2.16. The zero-order chi connectivity index (χ0) is 18.0. The molecule has 0 aromatic carbocycles. The summed E-state index contributed by atoms with van der Waals surface area (Å²) in [6, 6.07) is 1.98. The second-order valence-corrected chi connectivity index (χ2v) is 17.9. The molecule has 0 fully saturated rings. The molecular weight excluding hydrogens is 347 g/mol. The quantitative estimate of drug-likeness (QED) is 0.237. The summed E-state index contributed by atoms with van der Waals surface area (Å²) in [5, 5.41) is 0. The summed E-state index contributed by atoms with van der Waals surface area (Å²) in [6.45, 7) is 14.8. The van der Waals surface area contributed by atoms with E-state index in [1.807, 2.05) is 13.8 Å². The third kappa shape index (κ3) is 11.6. The summed E-state index contributed by atoms with van der Waals surface area (Å²) in [7, 11) is -4.71. The molecule has 1 unspecified atom stereocenters. The third-order valence-electron chi connectivity index (χ3n) is 3.77. The van der Waals surface area contributed by atoms with Crippen molar-refractivity contribution in [2.45, 2.75) is 65.0 Å². The molecule has 0 N–H and O–H groups in total. The van der Waals surface area contributed by atoms with Gasteiger partial charge in [-0.05, 0) is 65.0 Å². The monoisotopic (exact) mass is 384 g/mol. The third-order valence-corrected chi connectivity index (χ3v) is 11.0. The van der Waals surface area contributed by atoms with Gasteiger partial charge in [0.2, 0.25) is 0 Å². The first-order chi connectivity index (χ1) is 10.6. The van der Waals surface area contributed by atoms with Gasteiger partial charge in [0.25, 0.3) is 0 Å². The van der Waals surface area contributed by atoms with Crippen LogP contribution in [0, 0.1) is 0 Å². The van der Waals surface area contributed by atoms with E-state index in [0.29, 0.717) is 12.8 Å². The predicted molar refractivity (Wildman–Crippen MR) is 102 cm³/mol. The summed E-state index contributed by atoms with van der Waals surface area (Å²) < 4.78 is 34.9. The maximum Gasteiger partial charge on any atom is 0.330 e. The van der Waals surface area contributed by atoms with Gasteiger partial charge in [-0.3, -0.25) is 4.57 Å². The van der Waals surface area contributed by atoms with Gasteiger partial charge in [-0.15, -0.1) is 0 Å². The van der Waals surface area contributed by atoms with Crippen LogP contribution in [0.3, 0.4) is 0 Å². The van der Waals surface area contributed by atoms with Crippen LogP contribution in [0.15, 0.2) is 0 Å². The first-order valence-corrected chi connectivity index (χ1v) is 16.6. The highest BCUT2D eigenvalue weighted by atomic mass is 31.2. The molecule has 0 bridgehead atoms. The lowest BCUT2D eigenvalue weighted by atomic mass is 10.5. The molecule has 23 heavy (non-hydrogen) atoms. The van der Waals surface area contributed by atoms with Crippen LogP contribution in [0.4, 0.5) is 0 Å². The molecule has 8 heteroatoms. The summed E-state index contributed by atoms with van der Waals surface area (Å²) >= 11 is 0. The standard InChI is InChI=1S/C15H37O5PSi2/c1-8-19-22(4,5)14-10-12-18-21(16,17-3)13-11-15-23(6,7)20-9-2/h8-15H2,1-7H3. The molecule has 0 aliphatic carbocycles. The Balaban J connectivity index is 4.13. The minimum Gasteiger partial charge on any atom is -0.418 e. The van der Waals surface area contributed by atoms with Gasteiger partial charge in [0.15, 0.2) is 16.6 Å². The van der Waals surface area contributed by atoms with Gasteiger partial charge in [-0.1, -0.05) is 0 Å². The molecule has 0 rings (SSSR count). The maximum atomic E-state index is 12.6. The molecule has 0 saturated heterocycles. The Morgan fingerprint density at radius 3 is 1.78 bits per heavy atom. The van der Waals surface area contributed by atoms with Crippen LogP contribution in [0.25, 0.3) is 0 Å². The van der Waals surface area contributed by atoms with Crippen molar-refractivity contribution in [3.63, 3.8) is 0 Å². The minimum absolute atomic E-state index is 0.472. The Morgan fingerprint density at radius 2 is 1.35 bits per heavy atom. The zero-order valence-electron chi connectivity index (χ0n) is 16.1. The Hall–Kier alpha value is 0.504. The fourth-order valence-corrected chi connectivity index (χ4v) is 8.08. The summed E-state index contributed by atoms with van der Waals surface area (Å²) in [5.74, 6) is 0. The molecule has 1 atom stereocenters. The van der Waals surface area contributed by atoms with E-state index in [9.17, 15) is 4.57 Å². The van der Waals surface area contributed by atoms with Gasteiger partial charge < -0.3 is 17.9 Å². The molecule has 0 radical (unpaired) electrons. The van der Waals surface area contributed by atoms with Crippen LogP contribution >= 0.6 is 7.60 Å². The highest BCUT2D eigenvalue weighted by Gasteiger charge is 2.27. The van der Waals surface area contributed by atoms with E-state index in [1.54, 1.807) is 0 Å². The molecule has 5 nitrogen and oxygen atoms in total. The highest BCUT2D eigenvalue weighted by Crippen LogP contribution is 2.48. The predicted octanol–water partition coefficient (Wildman–Crippen LogP) is 5.11. The van der Waals surface area contributed by atoms with Crippen LogP contribution in [-0.4, -0.2) is 49.7 Å². The van der Waals surface area contributed by atoms with Gasteiger partial charge in [-0.25, -0.2) is 0 Å². The average Bonchev–Trinajstić information content (AvgIpc) is 2.43. The first kappa shape index (κ1) is 23.5. The Kier molecular flexibility index (Phi) is 11.4. The van der Waals surface area contributed by atoms with Gasteiger partial charge >= 0.3 is 7.60 Å². The molecule has 0 amide bonds. The second-order valence-electron chi connectivity index (χ2n) is 6.94. The van der Waals surface area contributed by atoms with E-state index in [4.69, 9.17) is 17.9 Å². The lowest BCUT2D eigenvalue weighted by Gasteiger charge is -2.24. The van der Waals surface area contributed by atoms with Crippen LogP contribution in [0.2, 0.25) is 38.3 Å². The van der Waals surface area contributed by atoms with Crippen LogP contribution in [-0.2, 0) is 22.5 Å². The van der Waals surface area contributed by atoms with Crippen LogP contribution < -0.4 is 0 Å². The van der Waals surface area contributed by atoms with Crippen molar-refractivity contribution in [1.82, 2.24) is 0 Å². The molecule has 0 saturated carbocycles. The first-order valence-electron chi connectivity index (χ1n) is 8.67. The Morgan fingerprint density at radius 1 is 0.870 bits per heavy atom. The summed E-state index contributed by atoms with van der Waals surface area (Å²) in [4.78, 5) is 0. The molecule has 0 heterocycles. The van der Waals surface area contributed by atoms with Crippen molar-refractivity contribution in [3.8, 4) is 0 Å². The number of hydrogen-bond acceptors (Lipinski definition) is 5. The molecule has 0 spiro atoms. The van der Waals surface area contributed by atoms with Crippen molar-refractivity contribution < 1.29 is 22.5 Å². The summed E-state index contributed by atoms with van der Waals surface area (Å²) in [5.41, 5.74) is 0. The van der Waals surface area contributed by atoms with E-state index in [-0.39, 0.29) is 0 Å². The SMILES string of the molecule is CCO[Si](C)(C)CCCOP(=O)(CCC[Si](C)(C)OCC)OC. The van der Waals surface area contributed by atoms with Crippen molar-refractivity contribution in [1.29, 1.82) is 0 Å². The molecule has 0 aliphatic heterocycles. The topological polar surface area (TPSA) is 54.0 Å². The van der Waals surface area contributed by atoms with E-state index >= 15 is 0 Å². The lowest BCUT2D eigenvalue weighted by Crippen LogP contribution is -2.30. The highest BCUT2D eigenvalue weighted by molar-refractivity contribution is 7.53.